The zero-order chi connectivity index (χ0) is 101. The predicted molar refractivity (Wildman–Crippen MR) is 573 cm³/mol. The van der Waals surface area contributed by atoms with Crippen molar-refractivity contribution in [1.82, 2.24) is 54.1 Å². The van der Waals surface area contributed by atoms with Crippen LogP contribution >= 0.6 is 68.8 Å². The van der Waals surface area contributed by atoms with E-state index in [1.54, 1.807) is 29.6 Å². The minimum Gasteiger partial charge on any atom is -0.479 e. The summed E-state index contributed by atoms with van der Waals surface area (Å²) >= 11 is 23.7. The maximum Gasteiger partial charge on any atom is 0.339 e. The Balaban J connectivity index is 0.000000141. The number of fused-ring (bicyclic) bond motifs is 6. The van der Waals surface area contributed by atoms with Crippen LogP contribution in [0.2, 0.25) is 15.1 Å². The molecule has 746 valence electrons. The van der Waals surface area contributed by atoms with Crippen molar-refractivity contribution in [3.63, 3.8) is 0 Å². The van der Waals surface area contributed by atoms with Crippen LogP contribution in [0, 0.1) is 20.8 Å². The third-order valence-corrected chi connectivity index (χ3v) is 35.4. The van der Waals surface area contributed by atoms with Gasteiger partial charge in [0.1, 0.15) is 15.0 Å². The second-order valence-electron chi connectivity index (χ2n) is 41.4. The molecule has 0 spiro atoms. The number of esters is 2. The summed E-state index contributed by atoms with van der Waals surface area (Å²) in [4.78, 5) is 59.8. The van der Waals surface area contributed by atoms with Gasteiger partial charge in [0.25, 0.3) is 0 Å². The molecule has 1 N–H and O–H groups in total. The molecule has 20 rings (SSSR count). The average Bonchev–Trinajstić information content (AvgIpc) is 1.58. The Kier molecular flexibility index (Phi) is 29.3. The first-order valence-electron chi connectivity index (χ1n) is 48.9. The molecule has 1 saturated carbocycles. The number of carboxylic acids is 1. The molecule has 15 aromatic rings. The zero-order valence-electron chi connectivity index (χ0n) is 83.4. The highest BCUT2D eigenvalue weighted by Gasteiger charge is 2.44. The number of carbonyl (C=O) groups excluding carboxylic acids is 2. The number of hydrogen-bond acceptors (Lipinski definition) is 23. The summed E-state index contributed by atoms with van der Waals surface area (Å²) < 4.78 is 86.0. The minimum atomic E-state index is -2.85. The number of ether oxygens (including phenoxy) is 5. The summed E-state index contributed by atoms with van der Waals surface area (Å²) in [5, 5.41) is 33.3. The lowest BCUT2D eigenvalue weighted by molar-refractivity contribution is -0.167. The fourth-order valence-corrected chi connectivity index (χ4v) is 27.8. The first-order valence-corrected chi connectivity index (χ1v) is 56.1. The van der Waals surface area contributed by atoms with Crippen LogP contribution in [0.5, 0.6) is 0 Å². The van der Waals surface area contributed by atoms with Crippen LogP contribution in [0.4, 0.5) is 0 Å². The zero-order valence-corrected chi connectivity index (χ0v) is 89.7. The summed E-state index contributed by atoms with van der Waals surface area (Å²) in [6.45, 7) is 30.8. The summed E-state index contributed by atoms with van der Waals surface area (Å²) in [5.74, 6) is 0.311. The number of aryl methyl sites for hydroxylation is 6. The number of nitrogens with zero attached hydrogens (tertiary/aromatic N) is 11. The number of thiazole rings is 3. The van der Waals surface area contributed by atoms with E-state index in [4.69, 9.17) is 88.7 Å². The smallest absolute Gasteiger partial charge is 0.339 e. The van der Waals surface area contributed by atoms with Gasteiger partial charge in [-0.2, -0.15) is 15.3 Å². The molecule has 32 heteroatoms. The van der Waals surface area contributed by atoms with E-state index < -0.39 is 72.7 Å². The molecule has 5 aliphatic rings. The number of likely N-dealkylation sites (tertiary alicyclic amines) is 2. The third kappa shape index (κ3) is 21.7. The average molecular weight is 2070 g/mol. The topological polar surface area (TPSA) is 284 Å². The van der Waals surface area contributed by atoms with Gasteiger partial charge in [-0.25, -0.2) is 46.2 Å². The lowest BCUT2D eigenvalue weighted by Gasteiger charge is -2.41. The molecule has 0 radical (unpaired) electrons. The van der Waals surface area contributed by atoms with Crippen LogP contribution < -0.4 is 0 Å². The second kappa shape index (κ2) is 40.8. The number of piperidine rings is 2. The van der Waals surface area contributed by atoms with Gasteiger partial charge in [0.2, 0.25) is 0 Å². The molecule has 9 aromatic carbocycles. The predicted octanol–water partition coefficient (Wildman–Crippen LogP) is 25.2. The largest absolute Gasteiger partial charge is 0.479 e. The van der Waals surface area contributed by atoms with E-state index in [1.165, 1.54) is 54.5 Å². The normalized spacial score (nSPS) is 17.3. The van der Waals surface area contributed by atoms with Gasteiger partial charge in [0.05, 0.1) is 117 Å². The van der Waals surface area contributed by atoms with Gasteiger partial charge >= 0.3 is 17.9 Å². The highest BCUT2D eigenvalue weighted by atomic mass is 35.5. The SMILES string of the molecule is CCOC(=O)[C@@H](OC(C)(C)C)c1c(C)cc2nc(-c3ccc4c(c3)c(C3CCCCC3)nn4C)sc2c1-c1ccc(Cl)cc1.CCOC(=O)[C@@H](OC(C)(C)C)c1c(C)cc2nc(-c3ccc4c(c3)c(C3CCN(C5CS(=O)(=O)C5)CC3)nn4C)sc2c1-c1ccc(Cl)cc1.Cc1cc2nc(-c3ccc4c(c3)c(C3CCN(C5CS(=O)(=O)C5)CC3)nn4C)sc2c(-c2ccc(Cl)cc2)c1[C@H](OC(C)(C)C)C(=O)O. The Morgan fingerprint density at radius 3 is 0.951 bits per heavy atom. The molecule has 4 saturated heterocycles. The molecular weight excluding hydrogens is 1950 g/mol. The fourth-order valence-electron chi connectivity index (χ4n) is 21.0. The molecule has 10 heterocycles. The monoisotopic (exact) mass is 2070 g/mol. The van der Waals surface area contributed by atoms with Crippen molar-refractivity contribution in [3.8, 4) is 65.1 Å². The van der Waals surface area contributed by atoms with E-state index in [0.29, 0.717) is 32.5 Å². The van der Waals surface area contributed by atoms with Crippen LogP contribution in [-0.4, -0.2) is 185 Å². The Morgan fingerprint density at radius 2 is 0.676 bits per heavy atom. The number of rotatable bonds is 22. The number of hydrogen-bond donors (Lipinski definition) is 1. The minimum absolute atomic E-state index is 0.148. The van der Waals surface area contributed by atoms with Crippen molar-refractivity contribution in [3.05, 3.63) is 211 Å². The van der Waals surface area contributed by atoms with Crippen molar-refractivity contribution in [1.29, 1.82) is 0 Å². The van der Waals surface area contributed by atoms with Gasteiger partial charge in [-0.1, -0.05) is 90.5 Å². The van der Waals surface area contributed by atoms with Crippen molar-refractivity contribution < 1.29 is 60.0 Å². The number of carbonyl (C=O) groups is 3. The molecule has 6 aromatic heterocycles. The lowest BCUT2D eigenvalue weighted by atomic mass is 9.86. The number of halogens is 3. The van der Waals surface area contributed by atoms with Gasteiger partial charge < -0.3 is 28.8 Å². The van der Waals surface area contributed by atoms with Crippen LogP contribution in [0.25, 0.3) is 128 Å². The summed E-state index contributed by atoms with van der Waals surface area (Å²) in [6, 6.07) is 48.6. The maximum atomic E-state index is 13.5. The van der Waals surface area contributed by atoms with Crippen molar-refractivity contribution in [2.75, 3.05) is 62.4 Å². The number of carboxylic acid groups (broad SMARTS) is 1. The molecular formula is C110H122Cl3N11O13S5. The van der Waals surface area contributed by atoms with E-state index in [0.717, 1.165) is 214 Å². The van der Waals surface area contributed by atoms with Gasteiger partial charge in [-0.15, -0.1) is 34.0 Å². The Bertz CT molecular complexity index is 7570. The number of benzene rings is 9. The number of aromatic nitrogens is 9. The fraction of sp³-hybridized carbons (Fsp3) is 0.427. The van der Waals surface area contributed by atoms with E-state index in [-0.39, 0.29) is 54.2 Å². The summed E-state index contributed by atoms with van der Waals surface area (Å²) in [6.07, 6.45) is 6.97. The van der Waals surface area contributed by atoms with Crippen molar-refractivity contribution in [2.45, 2.75) is 220 Å². The first-order chi connectivity index (χ1) is 67.4. The number of aliphatic carboxylic acids is 1. The maximum absolute atomic E-state index is 13.5. The van der Waals surface area contributed by atoms with Crippen molar-refractivity contribution in [2.24, 2.45) is 21.1 Å². The third-order valence-electron chi connectivity index (χ3n) is 27.6. The molecule has 1 aliphatic carbocycles. The van der Waals surface area contributed by atoms with Gasteiger partial charge in [0, 0.05) is 132 Å². The Morgan fingerprint density at radius 1 is 0.401 bits per heavy atom. The van der Waals surface area contributed by atoms with Gasteiger partial charge in [-0.05, 0) is 304 Å². The second-order valence-corrected chi connectivity index (χ2v) is 50.0. The summed E-state index contributed by atoms with van der Waals surface area (Å²) in [5.41, 5.74) is 20.4. The van der Waals surface area contributed by atoms with E-state index in [1.807, 2.05) is 210 Å². The molecule has 5 fully saturated rings. The molecule has 4 aliphatic heterocycles. The van der Waals surface area contributed by atoms with Crippen LogP contribution in [0.1, 0.15) is 220 Å². The Labute approximate surface area is 856 Å². The molecule has 0 bridgehead atoms. The van der Waals surface area contributed by atoms with Crippen molar-refractivity contribution >= 4 is 170 Å². The van der Waals surface area contributed by atoms with Gasteiger partial charge in [0.15, 0.2) is 38.0 Å². The van der Waals surface area contributed by atoms with Crippen LogP contribution in [-0.2, 0) is 78.9 Å². The standard InChI is InChI=1S/C38H43ClN4O5S2.C36H39ClN4O5S2.C36H40ClN3O3S/c1-7-47-37(44)34(48-38(3,4)5)31-22(2)18-29-35(32(31)23-8-11-26(39)12-9-23)49-36(40-29)25-10-13-30-28(19-25)33(41-42(30)6)24-14-16-43(17-15-24)27-20-50(45,46)21-27;1-20-16-27-33(30(21-6-9-24(37)10-7-21)29(20)32(35(42)43)46-36(2,3)4)47-34(38-27)23-8-11-28-26(17-23)31(39-40(28)5)22-12-14-41(15-13-22)25-18-48(44,45)19-25;1-7-42-35(41)32(43-36(3,4)5)29-21(2)19-27-33(30(29)22-13-16-25(37)17-14-22)44-34(38-27)24-15-18-28-26(20-24)31(39-40(28)6)23-11-9-8-10-12-23/h8-13,18-19,24,27,34H,7,14-17,20-21H2,1-6H3;6-11,16-17,22,25,32H,12-15,18-19H2,1-5H3,(H,42,43);13-20,23,32H,7-12H2,1-6H3/t34-;2*32-/m000/s1. The quantitative estimate of drug-likeness (QED) is 0.0617. The number of sulfone groups is 2. The van der Waals surface area contributed by atoms with Gasteiger partial charge in [-0.3, -0.25) is 23.8 Å². The molecule has 0 unspecified atom stereocenters. The molecule has 0 amide bonds. The molecule has 3 atom stereocenters. The highest BCUT2D eigenvalue weighted by molar-refractivity contribution is 7.93. The summed E-state index contributed by atoms with van der Waals surface area (Å²) in [7, 11) is 0.290. The first kappa shape index (κ1) is 102. The van der Waals surface area contributed by atoms with E-state index in [9.17, 15) is 36.3 Å². The Hall–Kier alpha value is -9.96. The highest BCUT2D eigenvalue weighted by Crippen LogP contribution is 2.52. The molecule has 142 heavy (non-hydrogen) atoms. The molecule has 24 nitrogen and oxygen atoms in total. The van der Waals surface area contributed by atoms with E-state index >= 15 is 0 Å². The van der Waals surface area contributed by atoms with Crippen LogP contribution in [0.3, 0.4) is 0 Å². The van der Waals surface area contributed by atoms with E-state index in [2.05, 4.69) is 70.5 Å². The lowest BCUT2D eigenvalue weighted by Crippen LogP contribution is -2.55. The van der Waals surface area contributed by atoms with Crippen LogP contribution in [0.15, 0.2) is 146 Å².